The van der Waals surface area contributed by atoms with E-state index in [1.54, 1.807) is 11.0 Å². The third-order valence-corrected chi connectivity index (χ3v) is 3.52. The fourth-order valence-electron chi connectivity index (χ4n) is 2.35. The molecule has 0 bridgehead atoms. The van der Waals surface area contributed by atoms with Crippen LogP contribution in [0, 0.1) is 5.82 Å². The van der Waals surface area contributed by atoms with Crippen molar-refractivity contribution in [2.45, 2.75) is 32.5 Å². The van der Waals surface area contributed by atoms with Gasteiger partial charge in [0, 0.05) is 23.7 Å². The summed E-state index contributed by atoms with van der Waals surface area (Å²) in [5, 5.41) is 0.294. The molecule has 2 atom stereocenters. The maximum atomic E-state index is 13.7. The Balaban J connectivity index is 2.08. The molecule has 0 saturated carbocycles. The molecule has 1 fully saturated rings. The molecule has 5 heteroatoms. The Hall–Kier alpha value is -1.13. The molecule has 1 saturated heterocycles. The largest absolute Gasteiger partial charge is 0.372 e. The van der Waals surface area contributed by atoms with Gasteiger partial charge in [-0.1, -0.05) is 17.7 Å². The second-order valence-electron chi connectivity index (χ2n) is 4.93. The van der Waals surface area contributed by atoms with Crippen molar-refractivity contribution in [1.82, 2.24) is 4.90 Å². The second-order valence-corrected chi connectivity index (χ2v) is 5.34. The maximum Gasteiger partial charge on any atom is 0.227 e. The number of carbonyl (C=O) groups excluding carboxylic acids is 1. The van der Waals surface area contributed by atoms with Gasteiger partial charge in [-0.15, -0.1) is 0 Å². The van der Waals surface area contributed by atoms with Crippen molar-refractivity contribution in [2.75, 3.05) is 13.1 Å². The highest BCUT2D eigenvalue weighted by Crippen LogP contribution is 2.21. The lowest BCUT2D eigenvalue weighted by Crippen LogP contribution is -2.48. The number of benzene rings is 1. The molecule has 1 heterocycles. The van der Waals surface area contributed by atoms with Crippen LogP contribution in [0.2, 0.25) is 5.02 Å². The van der Waals surface area contributed by atoms with Crippen LogP contribution in [0.15, 0.2) is 18.2 Å². The predicted octanol–water partition coefficient (Wildman–Crippen LogP) is 2.66. The first-order chi connectivity index (χ1) is 8.97. The molecule has 1 aromatic rings. The third kappa shape index (κ3) is 3.45. The summed E-state index contributed by atoms with van der Waals surface area (Å²) in [4.78, 5) is 13.9. The maximum absolute atomic E-state index is 13.7. The molecular formula is C14H17ClFNO2. The van der Waals surface area contributed by atoms with E-state index < -0.39 is 5.82 Å². The Labute approximate surface area is 117 Å². The molecule has 0 radical (unpaired) electrons. The zero-order valence-corrected chi connectivity index (χ0v) is 11.8. The van der Waals surface area contributed by atoms with Gasteiger partial charge in [-0.05, 0) is 26.0 Å². The molecule has 2 rings (SSSR count). The fourth-order valence-corrected chi connectivity index (χ4v) is 2.58. The van der Waals surface area contributed by atoms with Crippen LogP contribution in [0.25, 0.3) is 0 Å². The zero-order chi connectivity index (χ0) is 14.0. The van der Waals surface area contributed by atoms with Gasteiger partial charge in [0.15, 0.2) is 0 Å². The van der Waals surface area contributed by atoms with Crippen LogP contribution in [0.3, 0.4) is 0 Å². The van der Waals surface area contributed by atoms with Gasteiger partial charge in [0.25, 0.3) is 0 Å². The number of morpholine rings is 1. The number of carbonyl (C=O) groups is 1. The first-order valence-electron chi connectivity index (χ1n) is 6.33. The molecule has 0 aromatic heterocycles. The van der Waals surface area contributed by atoms with Gasteiger partial charge in [0.05, 0.1) is 18.6 Å². The summed E-state index contributed by atoms with van der Waals surface area (Å²) in [5.74, 6) is -0.552. The lowest BCUT2D eigenvalue weighted by atomic mass is 10.1. The fraction of sp³-hybridized carbons (Fsp3) is 0.500. The predicted molar refractivity (Wildman–Crippen MR) is 71.7 cm³/mol. The number of hydrogen-bond donors (Lipinski definition) is 0. The highest BCUT2D eigenvalue weighted by atomic mass is 35.5. The van der Waals surface area contributed by atoms with Crippen molar-refractivity contribution >= 4 is 17.5 Å². The van der Waals surface area contributed by atoms with E-state index in [2.05, 4.69) is 0 Å². The van der Waals surface area contributed by atoms with E-state index in [9.17, 15) is 9.18 Å². The number of nitrogens with zero attached hydrogens (tertiary/aromatic N) is 1. The van der Waals surface area contributed by atoms with Crippen LogP contribution in [0.4, 0.5) is 4.39 Å². The molecule has 1 aliphatic rings. The van der Waals surface area contributed by atoms with Crippen LogP contribution >= 0.6 is 11.6 Å². The van der Waals surface area contributed by atoms with Crippen LogP contribution in [-0.4, -0.2) is 36.1 Å². The standard InChI is InChI=1S/C14H17ClFNO2/c1-9-7-17(8-10(2)19-9)14(18)6-11-12(15)4-3-5-13(11)16/h3-5,9-10H,6-8H2,1-2H3/t9-,10-/m1/s1. The second kappa shape index (κ2) is 5.88. The average Bonchev–Trinajstić information content (AvgIpc) is 2.32. The zero-order valence-electron chi connectivity index (χ0n) is 11.0. The highest BCUT2D eigenvalue weighted by molar-refractivity contribution is 6.31. The minimum absolute atomic E-state index is 0.00351. The molecule has 3 nitrogen and oxygen atoms in total. The first-order valence-corrected chi connectivity index (χ1v) is 6.71. The SMILES string of the molecule is C[C@@H]1CN(C(=O)Cc2c(F)cccc2Cl)C[C@@H](C)O1. The minimum atomic E-state index is -0.435. The van der Waals surface area contributed by atoms with E-state index in [1.165, 1.54) is 12.1 Å². The molecule has 104 valence electrons. The van der Waals surface area contributed by atoms with Gasteiger partial charge < -0.3 is 9.64 Å². The lowest BCUT2D eigenvalue weighted by Gasteiger charge is -2.35. The topological polar surface area (TPSA) is 29.5 Å². The molecule has 0 unspecified atom stereocenters. The van der Waals surface area contributed by atoms with E-state index in [-0.39, 0.29) is 30.1 Å². The lowest BCUT2D eigenvalue weighted by molar-refractivity contribution is -0.142. The van der Waals surface area contributed by atoms with Crippen molar-refractivity contribution in [3.8, 4) is 0 Å². The van der Waals surface area contributed by atoms with Gasteiger partial charge in [-0.3, -0.25) is 4.79 Å². The minimum Gasteiger partial charge on any atom is -0.372 e. The molecule has 1 amide bonds. The smallest absolute Gasteiger partial charge is 0.227 e. The molecule has 1 aliphatic heterocycles. The summed E-state index contributed by atoms with van der Waals surface area (Å²) >= 11 is 5.93. The Morgan fingerprint density at radius 2 is 2.05 bits per heavy atom. The van der Waals surface area contributed by atoms with E-state index in [0.717, 1.165) is 0 Å². The third-order valence-electron chi connectivity index (χ3n) is 3.16. The van der Waals surface area contributed by atoms with Crippen LogP contribution in [-0.2, 0) is 16.0 Å². The summed E-state index contributed by atoms with van der Waals surface area (Å²) in [5.41, 5.74) is 0.265. The summed E-state index contributed by atoms with van der Waals surface area (Å²) in [6.45, 7) is 4.92. The molecule has 1 aromatic carbocycles. The van der Waals surface area contributed by atoms with Gasteiger partial charge in [-0.25, -0.2) is 4.39 Å². The molecule has 19 heavy (non-hydrogen) atoms. The summed E-state index contributed by atoms with van der Waals surface area (Å²) in [7, 11) is 0. The number of ether oxygens (including phenoxy) is 1. The average molecular weight is 286 g/mol. The van der Waals surface area contributed by atoms with Crippen LogP contribution < -0.4 is 0 Å². The van der Waals surface area contributed by atoms with Gasteiger partial charge in [-0.2, -0.15) is 0 Å². The van der Waals surface area contributed by atoms with Crippen LogP contribution in [0.1, 0.15) is 19.4 Å². The van der Waals surface area contributed by atoms with Gasteiger partial charge in [0.2, 0.25) is 5.91 Å². The van der Waals surface area contributed by atoms with Crippen LogP contribution in [0.5, 0.6) is 0 Å². The molecular weight excluding hydrogens is 269 g/mol. The number of amides is 1. The number of rotatable bonds is 2. The van der Waals surface area contributed by atoms with E-state index in [4.69, 9.17) is 16.3 Å². The molecule has 0 spiro atoms. The molecule has 0 N–H and O–H groups in total. The monoisotopic (exact) mass is 285 g/mol. The summed E-state index contributed by atoms with van der Waals surface area (Å²) in [6.07, 6.45) is -0.00196. The van der Waals surface area contributed by atoms with Gasteiger partial charge >= 0.3 is 0 Å². The summed E-state index contributed by atoms with van der Waals surface area (Å²) < 4.78 is 19.2. The van der Waals surface area contributed by atoms with Crippen molar-refractivity contribution in [1.29, 1.82) is 0 Å². The normalized spacial score (nSPS) is 23.5. The van der Waals surface area contributed by atoms with Crippen molar-refractivity contribution < 1.29 is 13.9 Å². The quantitative estimate of drug-likeness (QED) is 0.836. The number of hydrogen-bond acceptors (Lipinski definition) is 2. The van der Waals surface area contributed by atoms with Crippen molar-refractivity contribution in [2.24, 2.45) is 0 Å². The van der Waals surface area contributed by atoms with Gasteiger partial charge in [0.1, 0.15) is 5.82 Å². The molecule has 0 aliphatic carbocycles. The van der Waals surface area contributed by atoms with E-state index in [1.807, 2.05) is 13.8 Å². The Morgan fingerprint density at radius 1 is 1.42 bits per heavy atom. The Kier molecular flexibility index (Phi) is 4.42. The van der Waals surface area contributed by atoms with Crippen molar-refractivity contribution in [3.05, 3.63) is 34.6 Å². The Morgan fingerprint density at radius 3 is 2.63 bits per heavy atom. The Bertz CT molecular complexity index is 450. The van der Waals surface area contributed by atoms with E-state index in [0.29, 0.717) is 18.1 Å². The van der Waals surface area contributed by atoms with E-state index >= 15 is 0 Å². The number of halogens is 2. The summed E-state index contributed by atoms with van der Waals surface area (Å²) in [6, 6.07) is 4.45. The first kappa shape index (κ1) is 14.3. The van der Waals surface area contributed by atoms with Crippen molar-refractivity contribution in [3.63, 3.8) is 0 Å². The highest BCUT2D eigenvalue weighted by Gasteiger charge is 2.26.